The second kappa shape index (κ2) is 7.71. The number of fused-ring (bicyclic) bond motifs is 1. The van der Waals surface area contributed by atoms with Crippen molar-refractivity contribution in [1.29, 1.82) is 0 Å². The Labute approximate surface area is 165 Å². The summed E-state index contributed by atoms with van der Waals surface area (Å²) in [4.78, 5) is 25.3. The van der Waals surface area contributed by atoms with Gasteiger partial charge in [0.05, 0.1) is 5.69 Å². The van der Waals surface area contributed by atoms with Crippen LogP contribution in [0.4, 0.5) is 11.9 Å². The van der Waals surface area contributed by atoms with E-state index in [9.17, 15) is 0 Å². The number of piperazine rings is 1. The van der Waals surface area contributed by atoms with Gasteiger partial charge >= 0.3 is 0 Å². The van der Waals surface area contributed by atoms with Crippen molar-refractivity contribution < 1.29 is 0 Å². The fraction of sp³-hybridized carbons (Fsp3) is 0.500. The van der Waals surface area contributed by atoms with Crippen molar-refractivity contribution in [3.05, 3.63) is 42.1 Å². The molecule has 8 nitrogen and oxygen atoms in total. The number of anilines is 2. The van der Waals surface area contributed by atoms with E-state index in [0.29, 0.717) is 0 Å². The maximum atomic E-state index is 4.72. The lowest BCUT2D eigenvalue weighted by Crippen LogP contribution is -2.46. The second-order valence-corrected chi connectivity index (χ2v) is 7.80. The number of rotatable bonds is 5. The fourth-order valence-electron chi connectivity index (χ4n) is 3.37. The number of hydrogen-bond donors (Lipinski definition) is 0. The molecule has 4 rings (SSSR count). The van der Waals surface area contributed by atoms with Crippen LogP contribution in [0.1, 0.15) is 31.3 Å². The number of pyridine rings is 1. The quantitative estimate of drug-likeness (QED) is 0.671. The Balaban J connectivity index is 1.43. The third kappa shape index (κ3) is 3.91. The van der Waals surface area contributed by atoms with E-state index in [4.69, 9.17) is 9.97 Å². The van der Waals surface area contributed by atoms with Crippen LogP contribution in [0, 0.1) is 0 Å². The van der Waals surface area contributed by atoms with E-state index >= 15 is 0 Å². The normalized spacial score (nSPS) is 15.5. The summed E-state index contributed by atoms with van der Waals surface area (Å²) in [6.07, 6.45) is 4.16. The molecule has 0 atom stereocenters. The van der Waals surface area contributed by atoms with Gasteiger partial charge in [-0.15, -0.1) is 0 Å². The topological polar surface area (TPSA) is 65.7 Å². The van der Waals surface area contributed by atoms with E-state index in [1.54, 1.807) is 0 Å². The standard InChI is InChI=1S/C20H28N8/c1-15(2)18-22-19(25(3)4)24-20(23-18)27-11-9-26(10-12-27)13-16-14-28-8-6-5-7-17(28)21-16/h5-8,14-15H,9-13H2,1-4H3. The van der Waals surface area contributed by atoms with Gasteiger partial charge in [-0.3, -0.25) is 4.90 Å². The molecule has 0 aliphatic carbocycles. The van der Waals surface area contributed by atoms with Gasteiger partial charge in [0.25, 0.3) is 0 Å². The molecule has 3 aromatic heterocycles. The molecule has 1 fully saturated rings. The van der Waals surface area contributed by atoms with E-state index in [1.807, 2.05) is 43.4 Å². The van der Waals surface area contributed by atoms with Crippen LogP contribution in [0.15, 0.2) is 30.6 Å². The Kier molecular flexibility index (Phi) is 5.13. The average Bonchev–Trinajstić information content (AvgIpc) is 3.10. The zero-order chi connectivity index (χ0) is 19.7. The smallest absolute Gasteiger partial charge is 0.230 e. The first kappa shape index (κ1) is 18.6. The molecule has 148 valence electrons. The summed E-state index contributed by atoms with van der Waals surface area (Å²) >= 11 is 0. The zero-order valence-corrected chi connectivity index (χ0v) is 17.1. The van der Waals surface area contributed by atoms with E-state index in [1.165, 1.54) is 0 Å². The van der Waals surface area contributed by atoms with Crippen LogP contribution in [-0.2, 0) is 6.54 Å². The van der Waals surface area contributed by atoms with Crippen molar-refractivity contribution in [3.63, 3.8) is 0 Å². The first-order valence-electron chi connectivity index (χ1n) is 9.83. The highest BCUT2D eigenvalue weighted by Gasteiger charge is 2.22. The van der Waals surface area contributed by atoms with Crippen LogP contribution < -0.4 is 9.80 Å². The summed E-state index contributed by atoms with van der Waals surface area (Å²) in [5.41, 5.74) is 2.11. The number of imidazole rings is 1. The van der Waals surface area contributed by atoms with Gasteiger partial charge in [0, 0.05) is 65.1 Å². The molecular formula is C20H28N8. The van der Waals surface area contributed by atoms with Crippen LogP contribution in [0.25, 0.3) is 5.65 Å². The lowest BCUT2D eigenvalue weighted by Gasteiger charge is -2.34. The molecular weight excluding hydrogens is 352 g/mol. The van der Waals surface area contributed by atoms with Gasteiger partial charge in [-0.25, -0.2) is 4.98 Å². The first-order valence-corrected chi connectivity index (χ1v) is 9.83. The lowest BCUT2D eigenvalue weighted by atomic mass is 10.2. The molecule has 4 heterocycles. The third-order valence-electron chi connectivity index (χ3n) is 5.00. The molecule has 28 heavy (non-hydrogen) atoms. The summed E-state index contributed by atoms with van der Waals surface area (Å²) in [7, 11) is 3.94. The van der Waals surface area contributed by atoms with Gasteiger partial charge in [0.15, 0.2) is 0 Å². The molecule has 0 bridgehead atoms. The minimum absolute atomic E-state index is 0.275. The molecule has 1 aliphatic rings. The van der Waals surface area contributed by atoms with Gasteiger partial charge < -0.3 is 14.2 Å². The number of aromatic nitrogens is 5. The summed E-state index contributed by atoms with van der Waals surface area (Å²) in [6.45, 7) is 8.84. The predicted molar refractivity (Wildman–Crippen MR) is 111 cm³/mol. The highest BCUT2D eigenvalue weighted by molar-refractivity contribution is 5.40. The van der Waals surface area contributed by atoms with E-state index < -0.39 is 0 Å². The van der Waals surface area contributed by atoms with E-state index in [-0.39, 0.29) is 5.92 Å². The van der Waals surface area contributed by atoms with Crippen molar-refractivity contribution in [1.82, 2.24) is 29.2 Å². The molecule has 1 saturated heterocycles. The summed E-state index contributed by atoms with van der Waals surface area (Å²) < 4.78 is 2.08. The summed E-state index contributed by atoms with van der Waals surface area (Å²) in [6, 6.07) is 6.09. The Bertz CT molecular complexity index is 881. The van der Waals surface area contributed by atoms with Gasteiger partial charge in [-0.1, -0.05) is 19.9 Å². The predicted octanol–water partition coefficient (Wildman–Crippen LogP) is 2.03. The number of hydrogen-bond acceptors (Lipinski definition) is 7. The number of nitrogens with zero attached hydrogens (tertiary/aromatic N) is 8. The van der Waals surface area contributed by atoms with E-state index in [0.717, 1.165) is 61.8 Å². The van der Waals surface area contributed by atoms with Gasteiger partial charge in [0.1, 0.15) is 11.5 Å². The third-order valence-corrected chi connectivity index (χ3v) is 5.00. The fourth-order valence-corrected chi connectivity index (χ4v) is 3.37. The largest absolute Gasteiger partial charge is 0.347 e. The molecule has 1 aliphatic heterocycles. The van der Waals surface area contributed by atoms with Gasteiger partial charge in [-0.05, 0) is 12.1 Å². The Hall–Kier alpha value is -2.74. The minimum Gasteiger partial charge on any atom is -0.347 e. The van der Waals surface area contributed by atoms with Crippen molar-refractivity contribution >= 4 is 17.5 Å². The van der Waals surface area contributed by atoms with Crippen molar-refractivity contribution in [2.45, 2.75) is 26.3 Å². The minimum atomic E-state index is 0.275. The average molecular weight is 381 g/mol. The van der Waals surface area contributed by atoms with Crippen LogP contribution in [0.2, 0.25) is 0 Å². The Morgan fingerprint density at radius 2 is 1.79 bits per heavy atom. The zero-order valence-electron chi connectivity index (χ0n) is 17.1. The summed E-state index contributed by atoms with van der Waals surface area (Å²) in [5, 5.41) is 0. The summed E-state index contributed by atoms with van der Waals surface area (Å²) in [5.74, 6) is 2.63. The monoisotopic (exact) mass is 380 g/mol. The molecule has 0 saturated carbocycles. The van der Waals surface area contributed by atoms with Crippen molar-refractivity contribution in [2.75, 3.05) is 50.1 Å². The molecule has 8 heteroatoms. The Morgan fingerprint density at radius 1 is 1.00 bits per heavy atom. The highest BCUT2D eigenvalue weighted by Crippen LogP contribution is 2.19. The highest BCUT2D eigenvalue weighted by atomic mass is 15.4. The molecule has 0 aromatic carbocycles. The van der Waals surface area contributed by atoms with Crippen molar-refractivity contribution in [3.8, 4) is 0 Å². The van der Waals surface area contributed by atoms with Crippen LogP contribution >= 0.6 is 0 Å². The molecule has 0 unspecified atom stereocenters. The van der Waals surface area contributed by atoms with Crippen LogP contribution in [-0.4, -0.2) is 69.5 Å². The van der Waals surface area contributed by atoms with Crippen LogP contribution in [0.3, 0.4) is 0 Å². The maximum absolute atomic E-state index is 4.72. The molecule has 3 aromatic rings. The van der Waals surface area contributed by atoms with Crippen molar-refractivity contribution in [2.24, 2.45) is 0 Å². The van der Waals surface area contributed by atoms with E-state index in [2.05, 4.69) is 44.2 Å². The van der Waals surface area contributed by atoms with Crippen LogP contribution in [0.5, 0.6) is 0 Å². The molecule has 0 amide bonds. The van der Waals surface area contributed by atoms with Gasteiger partial charge in [0.2, 0.25) is 11.9 Å². The molecule has 0 radical (unpaired) electrons. The first-order chi connectivity index (χ1) is 13.5. The molecule has 0 N–H and O–H groups in total. The SMILES string of the molecule is CC(C)c1nc(N(C)C)nc(N2CCN(Cc3cn4ccccc4n3)CC2)n1. The lowest BCUT2D eigenvalue weighted by molar-refractivity contribution is 0.246. The Morgan fingerprint density at radius 3 is 2.46 bits per heavy atom. The maximum Gasteiger partial charge on any atom is 0.230 e. The molecule has 0 spiro atoms. The van der Waals surface area contributed by atoms with Gasteiger partial charge in [-0.2, -0.15) is 15.0 Å². The second-order valence-electron chi connectivity index (χ2n) is 7.80.